The number of rotatable bonds is 4. The Balaban J connectivity index is 1.50. The molecule has 0 saturated carbocycles. The molecule has 2 aliphatic heterocycles. The quantitative estimate of drug-likeness (QED) is 0.839. The van der Waals surface area contributed by atoms with Gasteiger partial charge in [0.25, 0.3) is 5.56 Å². The normalized spacial score (nSPS) is 21.0. The molecular formula is C21H28N4O3. The summed E-state index contributed by atoms with van der Waals surface area (Å²) < 4.78 is 5.40. The first-order chi connectivity index (χ1) is 13.6. The lowest BCUT2D eigenvalue weighted by Crippen LogP contribution is -2.39. The number of likely N-dealkylation sites (tertiary alicyclic amines) is 1. The summed E-state index contributed by atoms with van der Waals surface area (Å²) >= 11 is 0. The van der Waals surface area contributed by atoms with Crippen molar-refractivity contribution >= 4 is 5.95 Å². The summed E-state index contributed by atoms with van der Waals surface area (Å²) in [6, 6.07) is 7.37. The molecule has 4 rings (SSSR count). The minimum Gasteiger partial charge on any atom is -0.508 e. The second kappa shape index (κ2) is 8.32. The zero-order valence-corrected chi connectivity index (χ0v) is 16.4. The van der Waals surface area contributed by atoms with E-state index in [1.807, 2.05) is 19.1 Å². The van der Waals surface area contributed by atoms with E-state index in [1.165, 1.54) is 0 Å². The second-order valence-electron chi connectivity index (χ2n) is 7.80. The minimum atomic E-state index is -0.0973. The van der Waals surface area contributed by atoms with E-state index in [1.54, 1.807) is 12.1 Å². The van der Waals surface area contributed by atoms with Gasteiger partial charge in [-0.3, -0.25) is 14.7 Å². The number of morpholine rings is 1. The van der Waals surface area contributed by atoms with Crippen LogP contribution in [0.1, 0.15) is 35.6 Å². The van der Waals surface area contributed by atoms with Crippen molar-refractivity contribution in [2.75, 3.05) is 44.3 Å². The van der Waals surface area contributed by atoms with Gasteiger partial charge in [0.05, 0.1) is 18.9 Å². The Hall–Kier alpha value is -2.38. The fourth-order valence-electron chi connectivity index (χ4n) is 4.12. The first-order valence-corrected chi connectivity index (χ1v) is 10.0. The van der Waals surface area contributed by atoms with Crippen LogP contribution < -0.4 is 10.5 Å². The third kappa shape index (κ3) is 4.36. The largest absolute Gasteiger partial charge is 0.508 e. The number of aromatic nitrogens is 2. The van der Waals surface area contributed by atoms with E-state index in [0.29, 0.717) is 31.5 Å². The number of hydrogen-bond acceptors (Lipinski definition) is 6. The van der Waals surface area contributed by atoms with E-state index >= 15 is 0 Å². The maximum atomic E-state index is 12.3. The number of H-pyrrole nitrogens is 1. The summed E-state index contributed by atoms with van der Waals surface area (Å²) in [6.07, 6.45) is 2.08. The first kappa shape index (κ1) is 19.0. The molecule has 2 saturated heterocycles. The van der Waals surface area contributed by atoms with Gasteiger partial charge in [-0.15, -0.1) is 0 Å². The summed E-state index contributed by atoms with van der Waals surface area (Å²) in [7, 11) is 0. The van der Waals surface area contributed by atoms with Crippen molar-refractivity contribution in [3.63, 3.8) is 0 Å². The first-order valence-electron chi connectivity index (χ1n) is 10.0. The molecule has 0 radical (unpaired) electrons. The van der Waals surface area contributed by atoms with Crippen molar-refractivity contribution in [2.45, 2.75) is 32.2 Å². The van der Waals surface area contributed by atoms with Crippen molar-refractivity contribution in [2.24, 2.45) is 0 Å². The van der Waals surface area contributed by atoms with Crippen molar-refractivity contribution in [3.8, 4) is 5.75 Å². The summed E-state index contributed by atoms with van der Waals surface area (Å²) in [4.78, 5) is 24.4. The molecule has 7 heteroatoms. The molecule has 1 atom stereocenters. The lowest BCUT2D eigenvalue weighted by Gasteiger charge is -2.33. The van der Waals surface area contributed by atoms with Gasteiger partial charge in [-0.25, -0.2) is 4.98 Å². The van der Waals surface area contributed by atoms with E-state index in [-0.39, 0.29) is 11.5 Å². The Morgan fingerprint density at radius 3 is 2.89 bits per heavy atom. The van der Waals surface area contributed by atoms with Crippen LogP contribution in [0.3, 0.4) is 0 Å². The SMILES string of the molecule is Cc1ccc(O)c(CN2CCC[C@@H](c3cc(=O)[nH]c(N4CCOCC4)n3)C2)c1. The Kier molecular flexibility index (Phi) is 5.64. The van der Waals surface area contributed by atoms with E-state index in [2.05, 4.69) is 14.8 Å². The molecule has 150 valence electrons. The molecule has 0 spiro atoms. The average Bonchev–Trinajstić information content (AvgIpc) is 2.71. The average molecular weight is 384 g/mol. The molecule has 0 aliphatic carbocycles. The molecule has 0 unspecified atom stereocenters. The number of piperidine rings is 1. The number of aryl methyl sites for hydroxylation is 1. The highest BCUT2D eigenvalue weighted by Crippen LogP contribution is 2.28. The third-order valence-corrected chi connectivity index (χ3v) is 5.61. The summed E-state index contributed by atoms with van der Waals surface area (Å²) in [5.41, 5.74) is 2.87. The number of ether oxygens (including phenoxy) is 1. The van der Waals surface area contributed by atoms with Crippen LogP contribution in [0, 0.1) is 6.92 Å². The van der Waals surface area contributed by atoms with Crippen molar-refractivity contribution in [1.29, 1.82) is 0 Å². The lowest BCUT2D eigenvalue weighted by atomic mass is 9.94. The standard InChI is InChI=1S/C21H28N4O3/c1-15-4-5-19(26)17(11-15)14-24-6-2-3-16(13-24)18-12-20(27)23-21(22-18)25-7-9-28-10-8-25/h4-5,11-12,16,26H,2-3,6-10,13-14H2,1H3,(H,22,23,27)/t16-/m1/s1. The second-order valence-corrected chi connectivity index (χ2v) is 7.80. The molecule has 2 aliphatic rings. The zero-order chi connectivity index (χ0) is 19.5. The van der Waals surface area contributed by atoms with Gasteiger partial charge in [0, 0.05) is 43.7 Å². The maximum absolute atomic E-state index is 12.3. The van der Waals surface area contributed by atoms with Crippen LogP contribution in [0.5, 0.6) is 5.75 Å². The number of anilines is 1. The Morgan fingerprint density at radius 2 is 2.07 bits per heavy atom. The van der Waals surface area contributed by atoms with Gasteiger partial charge in [0.1, 0.15) is 5.75 Å². The van der Waals surface area contributed by atoms with Crippen LogP contribution in [0.2, 0.25) is 0 Å². The molecule has 1 aromatic heterocycles. The Bertz CT molecular complexity index is 876. The van der Waals surface area contributed by atoms with E-state index in [4.69, 9.17) is 9.72 Å². The van der Waals surface area contributed by atoms with Crippen LogP contribution in [0.15, 0.2) is 29.1 Å². The zero-order valence-electron chi connectivity index (χ0n) is 16.4. The highest BCUT2D eigenvalue weighted by atomic mass is 16.5. The Morgan fingerprint density at radius 1 is 1.25 bits per heavy atom. The number of phenols is 1. The molecule has 0 amide bonds. The number of nitrogens with one attached hydrogen (secondary N) is 1. The molecule has 2 aromatic rings. The van der Waals surface area contributed by atoms with E-state index in [9.17, 15) is 9.90 Å². The van der Waals surface area contributed by atoms with Crippen LogP contribution in [-0.2, 0) is 11.3 Å². The predicted octanol–water partition coefficient (Wildman–Crippen LogP) is 2.00. The number of nitrogens with zero attached hydrogens (tertiary/aromatic N) is 3. The maximum Gasteiger partial charge on any atom is 0.252 e. The molecule has 2 fully saturated rings. The monoisotopic (exact) mass is 384 g/mol. The molecule has 2 N–H and O–H groups in total. The van der Waals surface area contributed by atoms with Gasteiger partial charge >= 0.3 is 0 Å². The van der Waals surface area contributed by atoms with Gasteiger partial charge in [-0.05, 0) is 32.4 Å². The van der Waals surface area contributed by atoms with Gasteiger partial charge in [-0.1, -0.05) is 17.7 Å². The predicted molar refractivity (Wildman–Crippen MR) is 108 cm³/mol. The molecule has 0 bridgehead atoms. The van der Waals surface area contributed by atoms with Gasteiger partial charge in [0.2, 0.25) is 5.95 Å². The molecule has 1 aromatic carbocycles. The van der Waals surface area contributed by atoms with Gasteiger partial charge < -0.3 is 14.7 Å². The fraction of sp³-hybridized carbons (Fsp3) is 0.524. The lowest BCUT2D eigenvalue weighted by molar-refractivity contribution is 0.122. The highest BCUT2D eigenvalue weighted by Gasteiger charge is 2.25. The highest BCUT2D eigenvalue weighted by molar-refractivity contribution is 5.36. The summed E-state index contributed by atoms with van der Waals surface area (Å²) in [5, 5.41) is 10.2. The number of hydrogen-bond donors (Lipinski definition) is 2. The fourth-order valence-corrected chi connectivity index (χ4v) is 4.12. The van der Waals surface area contributed by atoms with Crippen molar-refractivity contribution in [1.82, 2.24) is 14.9 Å². The number of aromatic amines is 1. The Labute approximate surface area is 165 Å². The molecular weight excluding hydrogens is 356 g/mol. The molecule has 28 heavy (non-hydrogen) atoms. The summed E-state index contributed by atoms with van der Waals surface area (Å²) in [5.74, 6) is 1.22. The van der Waals surface area contributed by atoms with Crippen LogP contribution in [-0.4, -0.2) is 59.4 Å². The third-order valence-electron chi connectivity index (χ3n) is 5.61. The molecule has 3 heterocycles. The minimum absolute atomic E-state index is 0.0973. The van der Waals surface area contributed by atoms with Crippen LogP contribution in [0.4, 0.5) is 5.95 Å². The van der Waals surface area contributed by atoms with Crippen molar-refractivity contribution < 1.29 is 9.84 Å². The van der Waals surface area contributed by atoms with E-state index < -0.39 is 0 Å². The summed E-state index contributed by atoms with van der Waals surface area (Å²) in [6.45, 7) is 7.39. The van der Waals surface area contributed by atoms with E-state index in [0.717, 1.165) is 55.8 Å². The smallest absolute Gasteiger partial charge is 0.252 e. The van der Waals surface area contributed by atoms with Crippen molar-refractivity contribution in [3.05, 3.63) is 51.4 Å². The van der Waals surface area contributed by atoms with Gasteiger partial charge in [-0.2, -0.15) is 0 Å². The van der Waals surface area contributed by atoms with Crippen LogP contribution >= 0.6 is 0 Å². The number of aromatic hydroxyl groups is 1. The topological polar surface area (TPSA) is 81.7 Å². The van der Waals surface area contributed by atoms with Crippen LogP contribution in [0.25, 0.3) is 0 Å². The van der Waals surface area contributed by atoms with Gasteiger partial charge in [0.15, 0.2) is 0 Å². The molecule has 7 nitrogen and oxygen atoms in total. The number of phenolic OH excluding ortho intramolecular Hbond substituents is 1. The number of benzene rings is 1.